The van der Waals surface area contributed by atoms with Crippen LogP contribution in [0.1, 0.15) is 33.1 Å². The summed E-state index contributed by atoms with van der Waals surface area (Å²) in [5.41, 5.74) is 5.10. The number of hydrogen-bond acceptors (Lipinski definition) is 3. The molecule has 0 aromatic rings. The summed E-state index contributed by atoms with van der Waals surface area (Å²) in [5, 5.41) is 2.77. The zero-order chi connectivity index (χ0) is 12.4. The van der Waals surface area contributed by atoms with E-state index in [1.807, 2.05) is 6.92 Å². The van der Waals surface area contributed by atoms with Crippen LogP contribution in [0.5, 0.6) is 0 Å². The molecule has 0 heterocycles. The predicted octanol–water partition coefficient (Wildman–Crippen LogP) is 1.21. The number of carbonyl (C=O) groups excluding carboxylic acids is 1. The van der Waals surface area contributed by atoms with E-state index in [9.17, 15) is 4.79 Å². The molecule has 0 spiro atoms. The van der Waals surface area contributed by atoms with E-state index in [-0.39, 0.29) is 5.91 Å². The predicted molar refractivity (Wildman–Crippen MR) is 66.1 cm³/mol. The van der Waals surface area contributed by atoms with Gasteiger partial charge in [0.15, 0.2) is 0 Å². The molecule has 16 heavy (non-hydrogen) atoms. The second kappa shape index (κ2) is 8.30. The molecule has 0 saturated carbocycles. The Labute approximate surface area is 98.2 Å². The fourth-order valence-electron chi connectivity index (χ4n) is 1.34. The van der Waals surface area contributed by atoms with Crippen molar-refractivity contribution in [3.8, 4) is 0 Å². The summed E-state index contributed by atoms with van der Waals surface area (Å²) in [5.74, 6) is -0.110. The lowest BCUT2D eigenvalue weighted by Crippen LogP contribution is -2.52. The molecule has 0 aromatic carbocycles. The molecule has 0 saturated heterocycles. The summed E-state index contributed by atoms with van der Waals surface area (Å²) in [4.78, 5) is 11.6. The highest BCUT2D eigenvalue weighted by atomic mass is 16.5. The summed E-state index contributed by atoms with van der Waals surface area (Å²) < 4.78 is 5.27. The lowest BCUT2D eigenvalue weighted by atomic mass is 9.97. The summed E-state index contributed by atoms with van der Waals surface area (Å²) in [7, 11) is 0. The van der Waals surface area contributed by atoms with Crippen molar-refractivity contribution >= 4 is 5.91 Å². The number of amides is 1. The lowest BCUT2D eigenvalue weighted by Gasteiger charge is -2.22. The van der Waals surface area contributed by atoms with Crippen LogP contribution < -0.4 is 11.1 Å². The van der Waals surface area contributed by atoms with Gasteiger partial charge >= 0.3 is 0 Å². The quantitative estimate of drug-likeness (QED) is 0.460. The SMILES string of the molecule is C=CCCOCCNC(=O)C(C)(N)CCC. The molecule has 4 nitrogen and oxygen atoms in total. The Bertz CT molecular complexity index is 215. The van der Waals surface area contributed by atoms with E-state index in [1.165, 1.54) is 0 Å². The van der Waals surface area contributed by atoms with Crippen molar-refractivity contribution in [2.24, 2.45) is 5.73 Å². The highest BCUT2D eigenvalue weighted by molar-refractivity contribution is 5.85. The van der Waals surface area contributed by atoms with Crippen LogP contribution in [0.25, 0.3) is 0 Å². The molecule has 3 N–H and O–H groups in total. The van der Waals surface area contributed by atoms with Crippen LogP contribution in [-0.2, 0) is 9.53 Å². The van der Waals surface area contributed by atoms with Crippen LogP contribution in [0.4, 0.5) is 0 Å². The molecule has 0 fully saturated rings. The van der Waals surface area contributed by atoms with E-state index in [4.69, 9.17) is 10.5 Å². The summed E-state index contributed by atoms with van der Waals surface area (Å²) in [6.45, 7) is 9.03. The summed E-state index contributed by atoms with van der Waals surface area (Å²) in [6, 6.07) is 0. The van der Waals surface area contributed by atoms with E-state index in [2.05, 4.69) is 11.9 Å². The first kappa shape index (κ1) is 15.1. The zero-order valence-electron chi connectivity index (χ0n) is 10.4. The first-order valence-electron chi connectivity index (χ1n) is 5.80. The minimum absolute atomic E-state index is 0.110. The van der Waals surface area contributed by atoms with Crippen LogP contribution in [-0.4, -0.2) is 31.2 Å². The van der Waals surface area contributed by atoms with Crippen molar-refractivity contribution < 1.29 is 9.53 Å². The zero-order valence-corrected chi connectivity index (χ0v) is 10.4. The number of hydrogen-bond donors (Lipinski definition) is 2. The normalized spacial score (nSPS) is 14.2. The first-order valence-corrected chi connectivity index (χ1v) is 5.80. The monoisotopic (exact) mass is 228 g/mol. The van der Waals surface area contributed by atoms with Crippen molar-refractivity contribution in [2.75, 3.05) is 19.8 Å². The smallest absolute Gasteiger partial charge is 0.239 e. The molecule has 1 amide bonds. The Morgan fingerprint density at radius 3 is 2.81 bits per heavy atom. The van der Waals surface area contributed by atoms with E-state index in [0.717, 1.165) is 12.8 Å². The molecule has 0 aliphatic heterocycles. The minimum Gasteiger partial charge on any atom is -0.379 e. The third-order valence-corrected chi connectivity index (χ3v) is 2.29. The molecule has 1 atom stereocenters. The van der Waals surface area contributed by atoms with Gasteiger partial charge in [0, 0.05) is 6.54 Å². The molecule has 0 bridgehead atoms. The number of rotatable bonds is 9. The number of carbonyl (C=O) groups is 1. The minimum atomic E-state index is -0.768. The highest BCUT2D eigenvalue weighted by Crippen LogP contribution is 2.07. The maximum atomic E-state index is 11.6. The Morgan fingerprint density at radius 2 is 2.25 bits per heavy atom. The van der Waals surface area contributed by atoms with Crippen LogP contribution in [0.15, 0.2) is 12.7 Å². The van der Waals surface area contributed by atoms with Gasteiger partial charge < -0.3 is 15.8 Å². The van der Waals surface area contributed by atoms with Crippen molar-refractivity contribution in [3.63, 3.8) is 0 Å². The van der Waals surface area contributed by atoms with Gasteiger partial charge in [-0.15, -0.1) is 6.58 Å². The lowest BCUT2D eigenvalue weighted by molar-refractivity contribution is -0.126. The van der Waals surface area contributed by atoms with Crippen LogP contribution in [0.3, 0.4) is 0 Å². The van der Waals surface area contributed by atoms with Crippen molar-refractivity contribution in [3.05, 3.63) is 12.7 Å². The Kier molecular flexibility index (Phi) is 7.85. The fourth-order valence-corrected chi connectivity index (χ4v) is 1.34. The topological polar surface area (TPSA) is 64.3 Å². The maximum Gasteiger partial charge on any atom is 0.239 e. The van der Waals surface area contributed by atoms with Crippen LogP contribution in [0.2, 0.25) is 0 Å². The molecule has 4 heteroatoms. The first-order chi connectivity index (χ1) is 7.54. The van der Waals surface area contributed by atoms with E-state index < -0.39 is 5.54 Å². The van der Waals surface area contributed by atoms with Gasteiger partial charge in [-0.1, -0.05) is 19.4 Å². The summed E-state index contributed by atoms with van der Waals surface area (Å²) >= 11 is 0. The highest BCUT2D eigenvalue weighted by Gasteiger charge is 2.26. The van der Waals surface area contributed by atoms with Gasteiger partial charge in [-0.25, -0.2) is 0 Å². The Morgan fingerprint density at radius 1 is 1.56 bits per heavy atom. The maximum absolute atomic E-state index is 11.6. The molecule has 1 unspecified atom stereocenters. The molecule has 0 radical (unpaired) electrons. The van der Waals surface area contributed by atoms with E-state index in [1.54, 1.807) is 13.0 Å². The second-order valence-electron chi connectivity index (χ2n) is 4.11. The molecular formula is C12H24N2O2. The van der Waals surface area contributed by atoms with Gasteiger partial charge in [-0.3, -0.25) is 4.79 Å². The van der Waals surface area contributed by atoms with Gasteiger partial charge in [0.25, 0.3) is 0 Å². The van der Waals surface area contributed by atoms with E-state index in [0.29, 0.717) is 26.2 Å². The molecule has 0 aliphatic rings. The molecule has 0 aromatic heterocycles. The second-order valence-corrected chi connectivity index (χ2v) is 4.11. The Balaban J connectivity index is 3.60. The van der Waals surface area contributed by atoms with Gasteiger partial charge in [0.1, 0.15) is 0 Å². The fraction of sp³-hybridized carbons (Fsp3) is 0.750. The molecule has 0 rings (SSSR count). The van der Waals surface area contributed by atoms with Crippen molar-refractivity contribution in [1.29, 1.82) is 0 Å². The number of nitrogens with one attached hydrogen (secondary N) is 1. The number of ether oxygens (including phenoxy) is 1. The van der Waals surface area contributed by atoms with Crippen LogP contribution >= 0.6 is 0 Å². The summed E-state index contributed by atoms with van der Waals surface area (Å²) in [6.07, 6.45) is 4.22. The molecular weight excluding hydrogens is 204 g/mol. The average Bonchev–Trinajstić information content (AvgIpc) is 2.22. The Hall–Kier alpha value is -0.870. The van der Waals surface area contributed by atoms with Gasteiger partial charge in [0.2, 0.25) is 5.91 Å². The largest absolute Gasteiger partial charge is 0.379 e. The van der Waals surface area contributed by atoms with Crippen molar-refractivity contribution in [2.45, 2.75) is 38.6 Å². The van der Waals surface area contributed by atoms with Crippen LogP contribution in [0, 0.1) is 0 Å². The standard InChI is InChI=1S/C12H24N2O2/c1-4-6-9-16-10-8-14-11(15)12(3,13)7-5-2/h4H,1,5-10,13H2,2-3H3,(H,14,15). The van der Waals surface area contributed by atoms with Crippen molar-refractivity contribution in [1.82, 2.24) is 5.32 Å². The number of nitrogens with two attached hydrogens (primary N) is 1. The van der Waals surface area contributed by atoms with Gasteiger partial charge in [-0.05, 0) is 19.8 Å². The van der Waals surface area contributed by atoms with Gasteiger partial charge in [-0.2, -0.15) is 0 Å². The third kappa shape index (κ3) is 6.58. The molecule has 94 valence electrons. The van der Waals surface area contributed by atoms with Gasteiger partial charge in [0.05, 0.1) is 18.8 Å². The van der Waals surface area contributed by atoms with E-state index >= 15 is 0 Å². The third-order valence-electron chi connectivity index (χ3n) is 2.29. The molecule has 0 aliphatic carbocycles. The average molecular weight is 228 g/mol.